The van der Waals surface area contributed by atoms with Crippen molar-refractivity contribution in [2.75, 3.05) is 32.7 Å². The van der Waals surface area contributed by atoms with Crippen LogP contribution in [0.1, 0.15) is 51.4 Å². The fourth-order valence-electron chi connectivity index (χ4n) is 5.29. The summed E-state index contributed by atoms with van der Waals surface area (Å²) >= 11 is 0. The fraction of sp³-hybridized carbons (Fsp3) is 0.842. The van der Waals surface area contributed by atoms with Crippen LogP contribution < -0.4 is 10.3 Å². The van der Waals surface area contributed by atoms with Crippen molar-refractivity contribution < 1.29 is 14.0 Å². The zero-order chi connectivity index (χ0) is 18.0. The first-order valence-corrected chi connectivity index (χ1v) is 10.2. The zero-order valence-electron chi connectivity index (χ0n) is 15.6. The number of aromatic amines is 1. The molecule has 3 heterocycles. The van der Waals surface area contributed by atoms with Gasteiger partial charge in [0.05, 0.1) is 0 Å². The lowest BCUT2D eigenvalue weighted by atomic mass is 9.78. The van der Waals surface area contributed by atoms with Gasteiger partial charge in [0.2, 0.25) is 0 Å². The smallest absolute Gasteiger partial charge is 0.337 e. The topological polar surface area (TPSA) is 73.4 Å². The van der Waals surface area contributed by atoms with E-state index in [1.54, 1.807) is 0 Å². The molecule has 144 valence electrons. The van der Waals surface area contributed by atoms with E-state index in [0.29, 0.717) is 0 Å². The molecule has 3 fully saturated rings. The number of amides is 1. The Hall–Kier alpha value is -1.63. The van der Waals surface area contributed by atoms with E-state index < -0.39 is 5.63 Å². The molecule has 2 aliphatic heterocycles. The number of H-pyrrole nitrogens is 1. The molecule has 2 saturated heterocycles. The standard InChI is InChI=1S/C19H30N4O3/c24-17(12-23-13-18(25)26-20-23)22-10-8-19(15-22)7-4-9-21(14-19)11-16-5-2-1-3-6-16/h13,16H,1-12,14-15H2/p+1. The molecule has 7 heteroatoms. The number of likely N-dealkylation sites (tertiary alicyclic amines) is 2. The van der Waals surface area contributed by atoms with Crippen LogP contribution in [0, 0.1) is 11.3 Å². The molecular formula is C19H31N4O3+. The average Bonchev–Trinajstić information content (AvgIpc) is 3.22. The van der Waals surface area contributed by atoms with Crippen molar-refractivity contribution in [2.24, 2.45) is 11.3 Å². The van der Waals surface area contributed by atoms with Gasteiger partial charge in [-0.25, -0.2) is 4.79 Å². The van der Waals surface area contributed by atoms with Crippen molar-refractivity contribution in [3.05, 3.63) is 16.6 Å². The van der Waals surface area contributed by atoms with Crippen LogP contribution >= 0.6 is 0 Å². The van der Waals surface area contributed by atoms with Crippen molar-refractivity contribution in [2.45, 2.75) is 57.9 Å². The summed E-state index contributed by atoms with van der Waals surface area (Å²) in [5, 5.41) is 2.46. The summed E-state index contributed by atoms with van der Waals surface area (Å²) in [7, 11) is 0. The summed E-state index contributed by atoms with van der Waals surface area (Å²) < 4.78 is 6.05. The number of carbonyl (C=O) groups is 1. The van der Waals surface area contributed by atoms with Crippen LogP contribution in [0.5, 0.6) is 0 Å². The van der Waals surface area contributed by atoms with Crippen molar-refractivity contribution in [1.29, 1.82) is 0 Å². The van der Waals surface area contributed by atoms with Crippen LogP contribution in [0.3, 0.4) is 0 Å². The van der Waals surface area contributed by atoms with Gasteiger partial charge in [-0.3, -0.25) is 9.32 Å². The molecule has 0 bridgehead atoms. The third kappa shape index (κ3) is 4.03. The molecule has 1 aromatic rings. The molecule has 1 unspecified atom stereocenters. The molecule has 26 heavy (non-hydrogen) atoms. The summed E-state index contributed by atoms with van der Waals surface area (Å²) in [6, 6.07) is 0. The Morgan fingerprint density at radius 2 is 2.04 bits per heavy atom. The van der Waals surface area contributed by atoms with Gasteiger partial charge in [0.25, 0.3) is 18.6 Å². The largest absolute Gasteiger partial charge is 0.426 e. The fourth-order valence-corrected chi connectivity index (χ4v) is 5.29. The molecule has 1 saturated carbocycles. The molecule has 3 aliphatic rings. The number of nitrogens with one attached hydrogen (secondary N) is 1. The van der Waals surface area contributed by atoms with Crippen LogP contribution in [-0.2, 0) is 11.3 Å². The van der Waals surface area contributed by atoms with E-state index in [2.05, 4.69) is 14.7 Å². The van der Waals surface area contributed by atoms with Crippen molar-refractivity contribution >= 4 is 5.91 Å². The Balaban J connectivity index is 1.32. The van der Waals surface area contributed by atoms with E-state index >= 15 is 0 Å². The molecule has 1 aromatic heterocycles. The number of hydrogen-bond donors (Lipinski definition) is 1. The van der Waals surface area contributed by atoms with Gasteiger partial charge in [-0.2, -0.15) is 0 Å². The highest BCUT2D eigenvalue weighted by molar-refractivity contribution is 5.75. The SMILES string of the molecule is O=C(C[n+]1cc(=O)o[nH]1)N1CCC2(CCCN(CC3CCCCC3)C2)C1. The van der Waals surface area contributed by atoms with E-state index in [-0.39, 0.29) is 17.9 Å². The zero-order valence-corrected chi connectivity index (χ0v) is 15.6. The Morgan fingerprint density at radius 1 is 1.19 bits per heavy atom. The quantitative estimate of drug-likeness (QED) is 0.815. The van der Waals surface area contributed by atoms with Gasteiger partial charge >= 0.3 is 5.63 Å². The minimum Gasteiger partial charge on any atom is -0.337 e. The maximum atomic E-state index is 12.6. The maximum Gasteiger partial charge on any atom is 0.426 e. The second-order valence-corrected chi connectivity index (χ2v) is 8.68. The first kappa shape index (κ1) is 17.8. The second kappa shape index (κ2) is 7.55. The van der Waals surface area contributed by atoms with Crippen molar-refractivity contribution in [3.63, 3.8) is 0 Å². The molecule has 1 N–H and O–H groups in total. The van der Waals surface area contributed by atoms with Gasteiger partial charge in [-0.1, -0.05) is 23.9 Å². The normalized spacial score (nSPS) is 28.1. The van der Waals surface area contributed by atoms with Gasteiger partial charge in [-0.15, -0.1) is 0 Å². The molecular weight excluding hydrogens is 332 g/mol. The van der Waals surface area contributed by atoms with Crippen LogP contribution in [0.15, 0.2) is 15.5 Å². The summed E-state index contributed by atoms with van der Waals surface area (Å²) in [5.41, 5.74) is -0.182. The molecule has 1 amide bonds. The Labute approximate surface area is 154 Å². The monoisotopic (exact) mass is 363 g/mol. The summed E-state index contributed by atoms with van der Waals surface area (Å²) in [5.74, 6) is 0.945. The third-order valence-corrected chi connectivity index (χ3v) is 6.60. The van der Waals surface area contributed by atoms with Gasteiger partial charge < -0.3 is 9.80 Å². The third-order valence-electron chi connectivity index (χ3n) is 6.60. The second-order valence-electron chi connectivity index (χ2n) is 8.68. The van der Waals surface area contributed by atoms with E-state index in [1.807, 2.05) is 4.90 Å². The average molecular weight is 363 g/mol. The molecule has 0 radical (unpaired) electrons. The van der Waals surface area contributed by atoms with Crippen molar-refractivity contribution in [3.8, 4) is 0 Å². The Morgan fingerprint density at radius 3 is 2.81 bits per heavy atom. The van der Waals surface area contributed by atoms with Crippen molar-refractivity contribution in [1.82, 2.24) is 15.1 Å². The van der Waals surface area contributed by atoms with Crippen LogP contribution in [-0.4, -0.2) is 53.7 Å². The first-order chi connectivity index (χ1) is 12.6. The Kier molecular flexibility index (Phi) is 5.16. The molecule has 1 atom stereocenters. The van der Waals surface area contributed by atoms with E-state index in [9.17, 15) is 9.59 Å². The molecule has 0 aromatic carbocycles. The molecule has 1 aliphatic carbocycles. The Bertz CT molecular complexity index is 678. The number of aromatic nitrogens is 2. The molecule has 4 rings (SSSR count). The number of rotatable bonds is 4. The highest BCUT2D eigenvalue weighted by Gasteiger charge is 2.43. The number of hydrogen-bond acceptors (Lipinski definition) is 4. The summed E-state index contributed by atoms with van der Waals surface area (Å²) in [6.45, 7) is 5.45. The lowest BCUT2D eigenvalue weighted by molar-refractivity contribution is -0.751. The highest BCUT2D eigenvalue weighted by Crippen LogP contribution is 2.39. The van der Waals surface area contributed by atoms with Gasteiger partial charge in [0.15, 0.2) is 0 Å². The highest BCUT2D eigenvalue weighted by atomic mass is 16.5. The van der Waals surface area contributed by atoms with Gasteiger partial charge in [0, 0.05) is 31.6 Å². The number of carbonyl (C=O) groups excluding carboxylic acids is 1. The molecule has 7 nitrogen and oxygen atoms in total. The van der Waals surface area contributed by atoms with Crippen LogP contribution in [0.4, 0.5) is 0 Å². The number of piperidine rings is 1. The van der Waals surface area contributed by atoms with Gasteiger partial charge in [-0.05, 0) is 49.8 Å². The van der Waals surface area contributed by atoms with Crippen LogP contribution in [0.25, 0.3) is 0 Å². The van der Waals surface area contributed by atoms with Crippen LogP contribution in [0.2, 0.25) is 0 Å². The summed E-state index contributed by atoms with van der Waals surface area (Å²) in [6.07, 6.45) is 11.9. The van der Waals surface area contributed by atoms with E-state index in [1.165, 1.54) is 68.9 Å². The lowest BCUT2D eigenvalue weighted by Gasteiger charge is -2.42. The van der Waals surface area contributed by atoms with E-state index in [0.717, 1.165) is 32.0 Å². The number of nitrogens with zero attached hydrogens (tertiary/aromatic N) is 3. The molecule has 1 spiro atoms. The lowest BCUT2D eigenvalue weighted by Crippen LogP contribution is -2.49. The summed E-state index contributed by atoms with van der Waals surface area (Å²) in [4.78, 5) is 28.3. The predicted octanol–water partition coefficient (Wildman–Crippen LogP) is 1.15. The van der Waals surface area contributed by atoms with Gasteiger partial charge in [0.1, 0.15) is 0 Å². The van der Waals surface area contributed by atoms with E-state index in [4.69, 9.17) is 0 Å². The minimum absolute atomic E-state index is 0.0633. The maximum absolute atomic E-state index is 12.6. The predicted molar refractivity (Wildman–Crippen MR) is 95.4 cm³/mol. The first-order valence-electron chi connectivity index (χ1n) is 10.2. The minimum atomic E-state index is -0.457.